The first-order valence-corrected chi connectivity index (χ1v) is 4.56. The second-order valence-electron chi connectivity index (χ2n) is 3.47. The van der Waals surface area contributed by atoms with Gasteiger partial charge in [-0.2, -0.15) is 0 Å². The molecule has 13 heavy (non-hydrogen) atoms. The Morgan fingerprint density at radius 3 is 2.54 bits per heavy atom. The molecule has 0 aromatic rings. The molecule has 0 radical (unpaired) electrons. The summed E-state index contributed by atoms with van der Waals surface area (Å²) in [6.45, 7) is 4.25. The molecule has 0 bridgehead atoms. The number of carbonyl (C=O) groups excluding carboxylic acids is 1. The first kappa shape index (κ1) is 10.4. The van der Waals surface area contributed by atoms with E-state index in [9.17, 15) is 4.79 Å². The van der Waals surface area contributed by atoms with Gasteiger partial charge in [-0.15, -0.1) is 0 Å². The van der Waals surface area contributed by atoms with Gasteiger partial charge in [0.15, 0.2) is 5.11 Å². The maximum absolute atomic E-state index is 11.6. The molecule has 1 saturated heterocycles. The van der Waals surface area contributed by atoms with Gasteiger partial charge >= 0.3 is 0 Å². The third-order valence-corrected chi connectivity index (χ3v) is 2.53. The Balaban J connectivity index is 2.90. The molecule has 0 aromatic heterocycles. The summed E-state index contributed by atoms with van der Waals surface area (Å²) in [6.07, 6.45) is 0. The highest BCUT2D eigenvalue weighted by Crippen LogP contribution is 2.21. The lowest BCUT2D eigenvalue weighted by Crippen LogP contribution is -2.54. The highest BCUT2D eigenvalue weighted by Gasteiger charge is 2.47. The largest absolute Gasteiger partial charge is 0.382 e. The van der Waals surface area contributed by atoms with Crippen molar-refractivity contribution in [2.24, 2.45) is 5.92 Å². The Morgan fingerprint density at radius 2 is 2.23 bits per heavy atom. The molecule has 1 aliphatic rings. The molecule has 1 heterocycles. The zero-order valence-electron chi connectivity index (χ0n) is 8.01. The number of thiocarbonyl (C=S) groups is 1. The standard InChI is InChI=1S/C8H14N2O2S/c1-5(2)8(4-12-3)6(11)9-7(13)10-8/h5H,4H2,1-3H3,(H2,9,10,11,13). The maximum atomic E-state index is 11.6. The van der Waals surface area contributed by atoms with Crippen molar-refractivity contribution in [1.29, 1.82) is 0 Å². The number of rotatable bonds is 3. The monoisotopic (exact) mass is 202 g/mol. The third-order valence-electron chi connectivity index (χ3n) is 2.33. The quantitative estimate of drug-likeness (QED) is 0.634. The smallest absolute Gasteiger partial charge is 0.254 e. The number of carbonyl (C=O) groups is 1. The minimum atomic E-state index is -0.689. The summed E-state index contributed by atoms with van der Waals surface area (Å²) in [4.78, 5) is 11.6. The van der Waals surface area contributed by atoms with Crippen LogP contribution >= 0.6 is 12.2 Å². The number of hydrogen-bond donors (Lipinski definition) is 2. The molecule has 1 aliphatic heterocycles. The molecule has 2 N–H and O–H groups in total. The van der Waals surface area contributed by atoms with E-state index in [4.69, 9.17) is 17.0 Å². The van der Waals surface area contributed by atoms with Crippen molar-refractivity contribution in [2.45, 2.75) is 19.4 Å². The lowest BCUT2D eigenvalue weighted by molar-refractivity contribution is -0.127. The fraction of sp³-hybridized carbons (Fsp3) is 0.750. The minimum Gasteiger partial charge on any atom is -0.382 e. The third kappa shape index (κ3) is 1.66. The van der Waals surface area contributed by atoms with E-state index in [0.717, 1.165) is 0 Å². The van der Waals surface area contributed by atoms with Crippen LogP contribution in [0.4, 0.5) is 0 Å². The Bertz CT molecular complexity index is 242. The van der Waals surface area contributed by atoms with Crippen molar-refractivity contribution >= 4 is 23.2 Å². The Labute approximate surface area is 83.0 Å². The van der Waals surface area contributed by atoms with Crippen molar-refractivity contribution in [3.63, 3.8) is 0 Å². The van der Waals surface area contributed by atoms with Gasteiger partial charge in [0.2, 0.25) is 0 Å². The van der Waals surface area contributed by atoms with Crippen molar-refractivity contribution < 1.29 is 9.53 Å². The van der Waals surface area contributed by atoms with Crippen LogP contribution in [-0.2, 0) is 9.53 Å². The molecule has 5 heteroatoms. The molecule has 0 spiro atoms. The van der Waals surface area contributed by atoms with Gasteiger partial charge in [-0.3, -0.25) is 4.79 Å². The molecule has 0 aliphatic carbocycles. The van der Waals surface area contributed by atoms with Gasteiger partial charge in [-0.1, -0.05) is 13.8 Å². The van der Waals surface area contributed by atoms with E-state index < -0.39 is 5.54 Å². The van der Waals surface area contributed by atoms with Gasteiger partial charge < -0.3 is 15.4 Å². The molecular weight excluding hydrogens is 188 g/mol. The molecule has 1 unspecified atom stereocenters. The van der Waals surface area contributed by atoms with Crippen LogP contribution in [-0.4, -0.2) is 30.3 Å². The zero-order chi connectivity index (χ0) is 10.1. The number of methoxy groups -OCH3 is 1. The fourth-order valence-electron chi connectivity index (χ4n) is 1.41. The van der Waals surface area contributed by atoms with Crippen molar-refractivity contribution in [3.8, 4) is 0 Å². The number of amides is 1. The van der Waals surface area contributed by atoms with Crippen LogP contribution < -0.4 is 10.6 Å². The van der Waals surface area contributed by atoms with Gasteiger partial charge in [0.05, 0.1) is 6.61 Å². The number of ether oxygens (including phenoxy) is 1. The van der Waals surface area contributed by atoms with Gasteiger partial charge in [0.25, 0.3) is 5.91 Å². The van der Waals surface area contributed by atoms with Gasteiger partial charge in [-0.05, 0) is 18.1 Å². The van der Waals surface area contributed by atoms with E-state index >= 15 is 0 Å². The molecule has 4 nitrogen and oxygen atoms in total. The average Bonchev–Trinajstić information content (AvgIpc) is 2.28. The van der Waals surface area contributed by atoms with Gasteiger partial charge in [0, 0.05) is 7.11 Å². The molecule has 1 atom stereocenters. The highest BCUT2D eigenvalue weighted by molar-refractivity contribution is 7.80. The first-order valence-electron chi connectivity index (χ1n) is 4.15. The number of nitrogens with one attached hydrogen (secondary N) is 2. The van der Waals surface area contributed by atoms with Crippen LogP contribution in [0.3, 0.4) is 0 Å². The van der Waals surface area contributed by atoms with E-state index in [-0.39, 0.29) is 11.8 Å². The molecule has 0 aromatic carbocycles. The second-order valence-corrected chi connectivity index (χ2v) is 3.88. The van der Waals surface area contributed by atoms with E-state index in [1.165, 1.54) is 0 Å². The predicted octanol–water partition coefficient (Wildman–Crippen LogP) is 0.0319. The zero-order valence-corrected chi connectivity index (χ0v) is 8.83. The van der Waals surface area contributed by atoms with E-state index in [2.05, 4.69) is 10.6 Å². The van der Waals surface area contributed by atoms with E-state index in [0.29, 0.717) is 11.7 Å². The number of hydrogen-bond acceptors (Lipinski definition) is 3. The molecule has 1 amide bonds. The molecule has 1 fully saturated rings. The topological polar surface area (TPSA) is 50.4 Å². The second kappa shape index (κ2) is 3.59. The van der Waals surface area contributed by atoms with Crippen molar-refractivity contribution in [2.75, 3.05) is 13.7 Å². The molecule has 0 saturated carbocycles. The summed E-state index contributed by atoms with van der Waals surface area (Å²) < 4.78 is 5.03. The van der Waals surface area contributed by atoms with Gasteiger partial charge in [0.1, 0.15) is 5.54 Å². The summed E-state index contributed by atoms with van der Waals surface area (Å²) in [5, 5.41) is 5.92. The van der Waals surface area contributed by atoms with Crippen LogP contribution in [0.2, 0.25) is 0 Å². The van der Waals surface area contributed by atoms with Crippen LogP contribution in [0.1, 0.15) is 13.8 Å². The summed E-state index contributed by atoms with van der Waals surface area (Å²) in [5.41, 5.74) is -0.689. The fourth-order valence-corrected chi connectivity index (χ4v) is 1.68. The Hall–Kier alpha value is -0.680. The van der Waals surface area contributed by atoms with Gasteiger partial charge in [-0.25, -0.2) is 0 Å². The molecule has 1 rings (SSSR count). The lowest BCUT2D eigenvalue weighted by Gasteiger charge is -2.29. The summed E-state index contributed by atoms with van der Waals surface area (Å²) in [7, 11) is 1.57. The summed E-state index contributed by atoms with van der Waals surface area (Å²) in [6, 6.07) is 0. The van der Waals surface area contributed by atoms with Crippen molar-refractivity contribution in [1.82, 2.24) is 10.6 Å². The maximum Gasteiger partial charge on any atom is 0.254 e. The van der Waals surface area contributed by atoms with Crippen LogP contribution in [0.15, 0.2) is 0 Å². The normalized spacial score (nSPS) is 27.7. The predicted molar refractivity (Wildman–Crippen MR) is 53.3 cm³/mol. The first-order chi connectivity index (χ1) is 6.03. The Kier molecular flexibility index (Phi) is 2.87. The highest BCUT2D eigenvalue weighted by atomic mass is 32.1. The lowest BCUT2D eigenvalue weighted by atomic mass is 9.87. The average molecular weight is 202 g/mol. The summed E-state index contributed by atoms with van der Waals surface area (Å²) in [5.74, 6) is 0.0299. The van der Waals surface area contributed by atoms with Crippen LogP contribution in [0.5, 0.6) is 0 Å². The van der Waals surface area contributed by atoms with E-state index in [1.54, 1.807) is 7.11 Å². The summed E-state index contributed by atoms with van der Waals surface area (Å²) >= 11 is 4.88. The van der Waals surface area contributed by atoms with Crippen molar-refractivity contribution in [3.05, 3.63) is 0 Å². The molecular formula is C8H14N2O2S. The SMILES string of the molecule is COCC1(C(C)C)NC(=S)NC1=O. The van der Waals surface area contributed by atoms with E-state index in [1.807, 2.05) is 13.8 Å². The Morgan fingerprint density at radius 1 is 1.62 bits per heavy atom. The minimum absolute atomic E-state index is 0.102. The van der Waals surface area contributed by atoms with Crippen LogP contribution in [0, 0.1) is 5.92 Å². The van der Waals surface area contributed by atoms with Crippen LogP contribution in [0.25, 0.3) is 0 Å². The molecule has 74 valence electrons.